The molecule has 0 radical (unpaired) electrons. The van der Waals surface area contributed by atoms with Crippen LogP contribution in [0.2, 0.25) is 0 Å². The summed E-state index contributed by atoms with van der Waals surface area (Å²) in [5, 5.41) is 8.49. The Morgan fingerprint density at radius 1 is 1.25 bits per heavy atom. The zero-order valence-electron chi connectivity index (χ0n) is 14.3. The first-order valence-corrected chi connectivity index (χ1v) is 9.27. The summed E-state index contributed by atoms with van der Waals surface area (Å²) >= 11 is 0. The van der Waals surface area contributed by atoms with E-state index in [0.29, 0.717) is 18.1 Å². The van der Waals surface area contributed by atoms with Crippen LogP contribution in [0.5, 0.6) is 0 Å². The second-order valence-electron chi connectivity index (χ2n) is 6.22. The maximum atomic E-state index is 13.0. The number of aromatic nitrogens is 4. The predicted molar refractivity (Wildman–Crippen MR) is 90.2 cm³/mol. The van der Waals surface area contributed by atoms with E-state index < -0.39 is 10.0 Å². The highest BCUT2D eigenvalue weighted by atomic mass is 32.2. The van der Waals surface area contributed by atoms with E-state index in [1.807, 2.05) is 31.1 Å². The number of hydrogen-bond acceptors (Lipinski definition) is 6. The summed E-state index contributed by atoms with van der Waals surface area (Å²) in [6.07, 6.45) is 3.09. The van der Waals surface area contributed by atoms with Gasteiger partial charge in [0.05, 0.1) is 11.7 Å². The Kier molecular flexibility index (Phi) is 4.31. The van der Waals surface area contributed by atoms with Crippen LogP contribution in [-0.2, 0) is 17.1 Å². The van der Waals surface area contributed by atoms with Crippen LogP contribution in [0.15, 0.2) is 23.4 Å². The Bertz CT molecular complexity index is 809. The minimum atomic E-state index is -3.64. The molecule has 1 unspecified atom stereocenters. The quantitative estimate of drug-likeness (QED) is 0.821. The van der Waals surface area contributed by atoms with E-state index in [9.17, 15) is 8.42 Å². The lowest BCUT2D eigenvalue weighted by Crippen LogP contribution is -2.31. The molecule has 1 fully saturated rings. The lowest BCUT2D eigenvalue weighted by molar-refractivity contribution is 0.387. The summed E-state index contributed by atoms with van der Waals surface area (Å²) in [6.45, 7) is 2.26. The van der Waals surface area contributed by atoms with Gasteiger partial charge in [0.2, 0.25) is 0 Å². The van der Waals surface area contributed by atoms with Crippen LogP contribution in [0.4, 0.5) is 5.82 Å². The van der Waals surface area contributed by atoms with Crippen LogP contribution in [0.1, 0.15) is 30.4 Å². The van der Waals surface area contributed by atoms with Crippen molar-refractivity contribution in [3.63, 3.8) is 0 Å². The number of hydrogen-bond donors (Lipinski definition) is 0. The molecule has 0 bridgehead atoms. The Morgan fingerprint density at radius 2 is 2.00 bits per heavy atom. The number of anilines is 1. The van der Waals surface area contributed by atoms with Crippen molar-refractivity contribution in [1.82, 2.24) is 24.1 Å². The van der Waals surface area contributed by atoms with E-state index in [-0.39, 0.29) is 11.1 Å². The van der Waals surface area contributed by atoms with Crippen LogP contribution in [0.25, 0.3) is 0 Å². The standard InChI is InChI=1S/C15H22N6O2S/c1-11-16-15(10-20(11)4)24(22,23)21-9-5-6-13(21)12-7-8-14(18-17-12)19(2)3/h7-8,10,13H,5-6,9H2,1-4H3. The molecular formula is C15H22N6O2S. The summed E-state index contributed by atoms with van der Waals surface area (Å²) in [7, 11) is 1.92. The van der Waals surface area contributed by atoms with Crippen LogP contribution in [-0.4, -0.2) is 53.1 Å². The SMILES string of the molecule is Cc1nc(S(=O)(=O)N2CCCC2c2ccc(N(C)C)nn2)cn1C. The fourth-order valence-corrected chi connectivity index (χ4v) is 4.54. The van der Waals surface area contributed by atoms with Gasteiger partial charge in [-0.3, -0.25) is 0 Å². The molecule has 3 rings (SSSR count). The highest BCUT2D eigenvalue weighted by molar-refractivity contribution is 7.89. The molecule has 24 heavy (non-hydrogen) atoms. The number of imidazole rings is 1. The predicted octanol–water partition coefficient (Wildman–Crippen LogP) is 1.11. The molecule has 0 aliphatic carbocycles. The molecule has 0 amide bonds. The van der Waals surface area contributed by atoms with E-state index in [1.54, 1.807) is 24.7 Å². The maximum absolute atomic E-state index is 13.0. The molecule has 2 aromatic heterocycles. The fraction of sp³-hybridized carbons (Fsp3) is 0.533. The number of sulfonamides is 1. The molecule has 3 heterocycles. The van der Waals surface area contributed by atoms with Crippen LogP contribution >= 0.6 is 0 Å². The Hall–Kier alpha value is -2.00. The van der Waals surface area contributed by atoms with E-state index >= 15 is 0 Å². The van der Waals surface area contributed by atoms with Crippen molar-refractivity contribution >= 4 is 15.8 Å². The molecule has 0 aromatic carbocycles. The third-order valence-corrected chi connectivity index (χ3v) is 6.11. The molecule has 0 N–H and O–H groups in total. The molecule has 1 atom stereocenters. The van der Waals surface area contributed by atoms with Gasteiger partial charge in [0, 0.05) is 33.9 Å². The summed E-state index contributed by atoms with van der Waals surface area (Å²) in [6, 6.07) is 3.42. The van der Waals surface area contributed by atoms with Crippen molar-refractivity contribution < 1.29 is 8.42 Å². The number of nitrogens with zero attached hydrogens (tertiary/aromatic N) is 6. The van der Waals surface area contributed by atoms with Gasteiger partial charge in [0.25, 0.3) is 10.0 Å². The molecule has 0 saturated carbocycles. The van der Waals surface area contributed by atoms with Crippen molar-refractivity contribution in [2.24, 2.45) is 7.05 Å². The lowest BCUT2D eigenvalue weighted by Gasteiger charge is -2.22. The monoisotopic (exact) mass is 350 g/mol. The minimum Gasteiger partial charge on any atom is -0.361 e. The first kappa shape index (κ1) is 16.8. The zero-order valence-corrected chi connectivity index (χ0v) is 15.2. The molecular weight excluding hydrogens is 328 g/mol. The summed E-state index contributed by atoms with van der Waals surface area (Å²) in [4.78, 5) is 6.04. The van der Waals surface area contributed by atoms with Crippen LogP contribution in [0, 0.1) is 6.92 Å². The molecule has 9 heteroatoms. The Balaban J connectivity index is 1.92. The summed E-state index contributed by atoms with van der Waals surface area (Å²) in [5.74, 6) is 1.41. The molecule has 1 saturated heterocycles. The van der Waals surface area contributed by atoms with Gasteiger partial charge < -0.3 is 9.47 Å². The Labute approximate surface area is 142 Å². The highest BCUT2D eigenvalue weighted by Gasteiger charge is 2.38. The van der Waals surface area contributed by atoms with Crippen LogP contribution in [0.3, 0.4) is 0 Å². The second-order valence-corrected chi connectivity index (χ2v) is 8.06. The second kappa shape index (κ2) is 6.14. The fourth-order valence-electron chi connectivity index (χ4n) is 2.85. The van der Waals surface area contributed by atoms with E-state index in [4.69, 9.17) is 0 Å². The average molecular weight is 350 g/mol. The number of rotatable bonds is 4. The maximum Gasteiger partial charge on any atom is 0.262 e. The lowest BCUT2D eigenvalue weighted by atomic mass is 10.1. The van der Waals surface area contributed by atoms with Gasteiger partial charge in [-0.25, -0.2) is 13.4 Å². The topological polar surface area (TPSA) is 84.2 Å². The normalized spacial score (nSPS) is 18.9. The van der Waals surface area contributed by atoms with Gasteiger partial charge in [0.15, 0.2) is 10.8 Å². The number of aryl methyl sites for hydroxylation is 2. The molecule has 1 aliphatic heterocycles. The molecule has 0 spiro atoms. The first-order chi connectivity index (χ1) is 11.3. The van der Waals surface area contributed by atoms with Crippen molar-refractivity contribution in [2.45, 2.75) is 30.8 Å². The molecule has 2 aromatic rings. The molecule has 8 nitrogen and oxygen atoms in total. The third-order valence-electron chi connectivity index (χ3n) is 4.33. The summed E-state index contributed by atoms with van der Waals surface area (Å²) < 4.78 is 29.1. The van der Waals surface area contributed by atoms with Gasteiger partial charge in [-0.2, -0.15) is 9.40 Å². The smallest absolute Gasteiger partial charge is 0.262 e. The van der Waals surface area contributed by atoms with Gasteiger partial charge in [-0.15, -0.1) is 5.10 Å². The molecule has 1 aliphatic rings. The van der Waals surface area contributed by atoms with Crippen molar-refractivity contribution in [2.75, 3.05) is 25.5 Å². The third kappa shape index (κ3) is 2.89. The molecule has 130 valence electrons. The summed E-state index contributed by atoms with van der Waals surface area (Å²) in [5.41, 5.74) is 0.675. The van der Waals surface area contributed by atoms with E-state index in [1.165, 1.54) is 4.31 Å². The Morgan fingerprint density at radius 3 is 2.54 bits per heavy atom. The average Bonchev–Trinajstić information content (AvgIpc) is 3.16. The van der Waals surface area contributed by atoms with Gasteiger partial charge in [-0.1, -0.05) is 0 Å². The van der Waals surface area contributed by atoms with E-state index in [2.05, 4.69) is 15.2 Å². The van der Waals surface area contributed by atoms with Crippen molar-refractivity contribution in [3.8, 4) is 0 Å². The van der Waals surface area contributed by atoms with E-state index in [0.717, 1.165) is 18.7 Å². The van der Waals surface area contributed by atoms with Crippen molar-refractivity contribution in [1.29, 1.82) is 0 Å². The van der Waals surface area contributed by atoms with Gasteiger partial charge >= 0.3 is 0 Å². The van der Waals surface area contributed by atoms with Crippen LogP contribution < -0.4 is 4.90 Å². The van der Waals surface area contributed by atoms with Crippen molar-refractivity contribution in [3.05, 3.63) is 29.8 Å². The zero-order chi connectivity index (χ0) is 17.5. The minimum absolute atomic E-state index is 0.0901. The van der Waals surface area contributed by atoms with Gasteiger partial charge in [-0.05, 0) is 31.9 Å². The largest absolute Gasteiger partial charge is 0.361 e. The van der Waals surface area contributed by atoms with Gasteiger partial charge in [0.1, 0.15) is 5.82 Å². The highest BCUT2D eigenvalue weighted by Crippen LogP contribution is 2.35. The first-order valence-electron chi connectivity index (χ1n) is 7.83.